The number of rotatable bonds is 2. The van der Waals surface area contributed by atoms with Gasteiger partial charge in [0.2, 0.25) is 5.91 Å². The second kappa shape index (κ2) is 5.64. The van der Waals surface area contributed by atoms with Crippen LogP contribution in [0.4, 0.5) is 0 Å². The van der Waals surface area contributed by atoms with Gasteiger partial charge in [-0.25, -0.2) is 0 Å². The minimum absolute atomic E-state index is 0.0320. The van der Waals surface area contributed by atoms with Crippen LogP contribution in [0.5, 0.6) is 5.75 Å². The summed E-state index contributed by atoms with van der Waals surface area (Å²) in [5.41, 5.74) is 2.45. The van der Waals surface area contributed by atoms with Crippen molar-refractivity contribution in [3.63, 3.8) is 0 Å². The summed E-state index contributed by atoms with van der Waals surface area (Å²) in [4.78, 5) is 24.3. The molecule has 1 heterocycles. The molecule has 3 rings (SSSR count). The average Bonchev–Trinajstić information content (AvgIpc) is 2.46. The number of nitrogens with one attached hydrogen (secondary N) is 1. The zero-order valence-electron chi connectivity index (χ0n) is 11.7. The molecule has 0 spiro atoms. The van der Waals surface area contributed by atoms with Gasteiger partial charge in [-0.05, 0) is 31.0 Å². The fourth-order valence-electron chi connectivity index (χ4n) is 3.15. The van der Waals surface area contributed by atoms with Crippen molar-refractivity contribution in [2.75, 3.05) is 7.11 Å². The van der Waals surface area contributed by atoms with Crippen LogP contribution >= 0.6 is 15.9 Å². The van der Waals surface area contributed by atoms with Crippen molar-refractivity contribution in [3.8, 4) is 5.75 Å². The standard InChI is InChI=1S/C16H16BrNO3/c1-21-14-6-5-9(17)7-10(14)11-8-15(20)18-12-3-2-4-13(19)16(11)12/h5-7,11H,2-4,8H2,1H3,(H,18,20)/t11-/m0/s1. The molecule has 0 aromatic heterocycles. The summed E-state index contributed by atoms with van der Waals surface area (Å²) in [7, 11) is 1.60. The van der Waals surface area contributed by atoms with Gasteiger partial charge in [0, 0.05) is 40.1 Å². The molecule has 1 N–H and O–H groups in total. The van der Waals surface area contributed by atoms with Gasteiger partial charge in [0.1, 0.15) is 5.75 Å². The van der Waals surface area contributed by atoms with E-state index in [-0.39, 0.29) is 24.0 Å². The van der Waals surface area contributed by atoms with Crippen molar-refractivity contribution in [1.29, 1.82) is 0 Å². The molecule has 0 bridgehead atoms. The number of halogens is 1. The Labute approximate surface area is 131 Å². The number of carbonyl (C=O) groups excluding carboxylic acids is 2. The van der Waals surface area contributed by atoms with Crippen LogP contribution in [0.2, 0.25) is 0 Å². The lowest BCUT2D eigenvalue weighted by molar-refractivity contribution is -0.122. The summed E-state index contributed by atoms with van der Waals surface area (Å²) < 4.78 is 6.33. The molecular formula is C16H16BrNO3. The zero-order chi connectivity index (χ0) is 15.0. The van der Waals surface area contributed by atoms with Crippen LogP contribution in [0, 0.1) is 0 Å². The van der Waals surface area contributed by atoms with E-state index in [2.05, 4.69) is 21.2 Å². The summed E-state index contributed by atoms with van der Waals surface area (Å²) in [6.45, 7) is 0. The fraction of sp³-hybridized carbons (Fsp3) is 0.375. The first-order valence-electron chi connectivity index (χ1n) is 6.99. The number of hydrogen-bond donors (Lipinski definition) is 1. The summed E-state index contributed by atoms with van der Waals surface area (Å²) in [6, 6.07) is 5.69. The molecule has 1 aliphatic heterocycles. The Morgan fingerprint density at radius 2 is 2.10 bits per heavy atom. The SMILES string of the molecule is COc1ccc(Br)cc1[C@@H]1CC(=O)NC2=C1C(=O)CCC2. The predicted octanol–water partition coefficient (Wildman–Crippen LogP) is 3.07. The van der Waals surface area contributed by atoms with E-state index in [1.54, 1.807) is 7.11 Å². The van der Waals surface area contributed by atoms with Crippen molar-refractivity contribution in [3.05, 3.63) is 39.5 Å². The van der Waals surface area contributed by atoms with Crippen molar-refractivity contribution in [1.82, 2.24) is 5.32 Å². The number of ether oxygens (including phenoxy) is 1. The van der Waals surface area contributed by atoms with Crippen LogP contribution < -0.4 is 10.1 Å². The van der Waals surface area contributed by atoms with E-state index in [4.69, 9.17) is 4.74 Å². The predicted molar refractivity (Wildman–Crippen MR) is 82.1 cm³/mol. The summed E-state index contributed by atoms with van der Waals surface area (Å²) >= 11 is 3.45. The lowest BCUT2D eigenvalue weighted by atomic mass is 9.78. The second-order valence-corrected chi connectivity index (χ2v) is 6.28. The van der Waals surface area contributed by atoms with E-state index in [0.717, 1.165) is 34.1 Å². The molecule has 0 saturated heterocycles. The Morgan fingerprint density at radius 3 is 2.86 bits per heavy atom. The van der Waals surface area contributed by atoms with Gasteiger partial charge < -0.3 is 10.1 Å². The van der Waals surface area contributed by atoms with Crippen molar-refractivity contribution in [2.45, 2.75) is 31.6 Å². The first-order valence-corrected chi connectivity index (χ1v) is 7.79. The van der Waals surface area contributed by atoms with E-state index in [1.165, 1.54) is 0 Å². The zero-order valence-corrected chi connectivity index (χ0v) is 13.3. The lowest BCUT2D eigenvalue weighted by Crippen LogP contribution is -2.36. The Bertz CT molecular complexity index is 651. The van der Waals surface area contributed by atoms with Crippen LogP contribution in [0.3, 0.4) is 0 Å². The first kappa shape index (κ1) is 14.3. The molecule has 1 aliphatic carbocycles. The first-order chi connectivity index (χ1) is 10.1. The Kier molecular flexibility index (Phi) is 3.85. The average molecular weight is 350 g/mol. The molecule has 0 radical (unpaired) electrons. The molecule has 21 heavy (non-hydrogen) atoms. The molecular weight excluding hydrogens is 334 g/mol. The van der Waals surface area contributed by atoms with Gasteiger partial charge in [0.05, 0.1) is 7.11 Å². The number of hydrogen-bond acceptors (Lipinski definition) is 3. The molecule has 1 atom stereocenters. The molecule has 4 nitrogen and oxygen atoms in total. The topological polar surface area (TPSA) is 55.4 Å². The lowest BCUT2D eigenvalue weighted by Gasteiger charge is -2.31. The molecule has 110 valence electrons. The number of methoxy groups -OCH3 is 1. The van der Waals surface area contributed by atoms with Crippen LogP contribution in [0.1, 0.15) is 37.2 Å². The number of Topliss-reactive ketones (excluding diaryl/α,β-unsaturated/α-hetero) is 1. The van der Waals surface area contributed by atoms with E-state index >= 15 is 0 Å². The van der Waals surface area contributed by atoms with E-state index in [0.29, 0.717) is 12.2 Å². The van der Waals surface area contributed by atoms with Gasteiger partial charge in [-0.15, -0.1) is 0 Å². The molecule has 1 aromatic carbocycles. The number of ketones is 1. The minimum Gasteiger partial charge on any atom is -0.496 e. The highest BCUT2D eigenvalue weighted by atomic mass is 79.9. The molecule has 5 heteroatoms. The van der Waals surface area contributed by atoms with Crippen molar-refractivity contribution >= 4 is 27.6 Å². The monoisotopic (exact) mass is 349 g/mol. The highest BCUT2D eigenvalue weighted by Crippen LogP contribution is 2.42. The molecule has 1 aromatic rings. The van der Waals surface area contributed by atoms with Gasteiger partial charge in [-0.3, -0.25) is 9.59 Å². The number of amides is 1. The maximum Gasteiger partial charge on any atom is 0.225 e. The Morgan fingerprint density at radius 1 is 1.29 bits per heavy atom. The molecule has 0 fully saturated rings. The highest BCUT2D eigenvalue weighted by molar-refractivity contribution is 9.10. The molecule has 2 aliphatic rings. The summed E-state index contributed by atoms with van der Waals surface area (Å²) in [6.07, 6.45) is 2.42. The molecule has 0 saturated carbocycles. The van der Waals surface area contributed by atoms with Crippen LogP contribution in [0.15, 0.2) is 33.9 Å². The van der Waals surface area contributed by atoms with Gasteiger partial charge in [0.15, 0.2) is 5.78 Å². The Balaban J connectivity index is 2.13. The quantitative estimate of drug-likeness (QED) is 0.892. The summed E-state index contributed by atoms with van der Waals surface area (Å²) in [5.74, 6) is 0.607. The molecule has 1 amide bonds. The van der Waals surface area contributed by atoms with Crippen LogP contribution in [0.25, 0.3) is 0 Å². The highest BCUT2D eigenvalue weighted by Gasteiger charge is 2.36. The fourth-order valence-corrected chi connectivity index (χ4v) is 3.53. The minimum atomic E-state index is -0.214. The van der Waals surface area contributed by atoms with Crippen molar-refractivity contribution in [2.24, 2.45) is 0 Å². The summed E-state index contributed by atoms with van der Waals surface area (Å²) in [5, 5.41) is 2.87. The third kappa shape index (κ3) is 2.62. The van der Waals surface area contributed by atoms with E-state index in [9.17, 15) is 9.59 Å². The number of allylic oxidation sites excluding steroid dienone is 2. The van der Waals surface area contributed by atoms with Crippen LogP contribution in [-0.2, 0) is 9.59 Å². The molecule has 0 unspecified atom stereocenters. The Hall–Kier alpha value is -1.62. The normalized spacial score (nSPS) is 21.9. The van der Waals surface area contributed by atoms with Gasteiger partial charge in [-0.2, -0.15) is 0 Å². The van der Waals surface area contributed by atoms with Crippen molar-refractivity contribution < 1.29 is 14.3 Å². The maximum absolute atomic E-state index is 12.3. The third-order valence-corrected chi connectivity index (χ3v) is 4.54. The van der Waals surface area contributed by atoms with E-state index in [1.807, 2.05) is 18.2 Å². The number of carbonyl (C=O) groups is 2. The smallest absolute Gasteiger partial charge is 0.225 e. The van der Waals surface area contributed by atoms with Gasteiger partial charge >= 0.3 is 0 Å². The second-order valence-electron chi connectivity index (χ2n) is 5.36. The third-order valence-electron chi connectivity index (χ3n) is 4.05. The number of benzene rings is 1. The maximum atomic E-state index is 12.3. The van der Waals surface area contributed by atoms with Gasteiger partial charge in [0.25, 0.3) is 0 Å². The van der Waals surface area contributed by atoms with Gasteiger partial charge in [-0.1, -0.05) is 15.9 Å². The van der Waals surface area contributed by atoms with E-state index < -0.39 is 0 Å². The largest absolute Gasteiger partial charge is 0.496 e. The van der Waals surface area contributed by atoms with Crippen LogP contribution in [-0.4, -0.2) is 18.8 Å².